The van der Waals surface area contributed by atoms with Crippen LogP contribution < -0.4 is 11.5 Å². The summed E-state index contributed by atoms with van der Waals surface area (Å²) < 4.78 is 0. The number of nitrogens with two attached hydrogens (primary N) is 2. The maximum Gasteiger partial charge on any atom is 0.0647 e. The minimum absolute atomic E-state index is 0.524. The van der Waals surface area contributed by atoms with Gasteiger partial charge in [-0.15, -0.1) is 0 Å². The van der Waals surface area contributed by atoms with Gasteiger partial charge in [0.2, 0.25) is 0 Å². The highest BCUT2D eigenvalue weighted by Crippen LogP contribution is 2.03. The van der Waals surface area contributed by atoms with Crippen LogP contribution in [-0.4, -0.2) is 11.5 Å². The third-order valence-corrected chi connectivity index (χ3v) is 1.23. The Labute approximate surface area is 65.7 Å². The van der Waals surface area contributed by atoms with Crippen LogP contribution in [-0.2, 0) is 0 Å². The van der Waals surface area contributed by atoms with E-state index in [0.29, 0.717) is 6.54 Å². The fourth-order valence-electron chi connectivity index (χ4n) is 0.745. The molecule has 0 fully saturated rings. The van der Waals surface area contributed by atoms with Gasteiger partial charge >= 0.3 is 0 Å². The number of aromatic nitrogens is 1. The van der Waals surface area contributed by atoms with E-state index in [1.54, 1.807) is 18.3 Å². The first-order valence-electron chi connectivity index (χ1n) is 3.41. The highest BCUT2D eigenvalue weighted by Gasteiger charge is 1.87. The molecule has 0 radical (unpaired) electrons. The Morgan fingerprint density at radius 3 is 3.00 bits per heavy atom. The standard InChI is InChI=1S/C8H11N3/c9-4-1-2-8-6-7(10)3-5-11-8/h1-3,5-6H,4,9H2,(H2,10,11). The van der Waals surface area contributed by atoms with E-state index in [1.807, 2.05) is 12.2 Å². The average Bonchev–Trinajstić information content (AvgIpc) is 2.01. The third kappa shape index (κ3) is 2.39. The van der Waals surface area contributed by atoms with Gasteiger partial charge in [0.05, 0.1) is 5.69 Å². The lowest BCUT2D eigenvalue weighted by Gasteiger charge is -1.93. The summed E-state index contributed by atoms with van der Waals surface area (Å²) >= 11 is 0. The van der Waals surface area contributed by atoms with Crippen LogP contribution in [0.5, 0.6) is 0 Å². The van der Waals surface area contributed by atoms with Crippen molar-refractivity contribution in [3.8, 4) is 0 Å². The van der Waals surface area contributed by atoms with Crippen LogP contribution in [0.3, 0.4) is 0 Å². The second-order valence-corrected chi connectivity index (χ2v) is 2.15. The van der Waals surface area contributed by atoms with Gasteiger partial charge in [0.25, 0.3) is 0 Å². The van der Waals surface area contributed by atoms with Gasteiger partial charge in [-0.05, 0) is 18.2 Å². The molecule has 1 rings (SSSR count). The molecule has 0 aliphatic carbocycles. The topological polar surface area (TPSA) is 64.9 Å². The predicted molar refractivity (Wildman–Crippen MR) is 46.7 cm³/mol. The fourth-order valence-corrected chi connectivity index (χ4v) is 0.745. The molecule has 1 heterocycles. The van der Waals surface area contributed by atoms with Crippen LogP contribution in [0.1, 0.15) is 5.69 Å². The maximum absolute atomic E-state index is 5.53. The number of hydrogen-bond acceptors (Lipinski definition) is 3. The molecule has 0 aromatic carbocycles. The van der Waals surface area contributed by atoms with Crippen molar-refractivity contribution in [3.05, 3.63) is 30.1 Å². The van der Waals surface area contributed by atoms with Gasteiger partial charge in [-0.2, -0.15) is 0 Å². The van der Waals surface area contributed by atoms with Crippen LogP contribution in [0.2, 0.25) is 0 Å². The number of rotatable bonds is 2. The molecule has 1 aromatic rings. The van der Waals surface area contributed by atoms with Crippen LogP contribution in [0.4, 0.5) is 5.69 Å². The fraction of sp³-hybridized carbons (Fsp3) is 0.125. The van der Waals surface area contributed by atoms with Crippen molar-refractivity contribution in [2.24, 2.45) is 5.73 Å². The molecule has 0 aliphatic rings. The quantitative estimate of drug-likeness (QED) is 0.648. The van der Waals surface area contributed by atoms with E-state index in [9.17, 15) is 0 Å². The van der Waals surface area contributed by atoms with Crippen molar-refractivity contribution in [1.29, 1.82) is 0 Å². The Kier molecular flexibility index (Phi) is 2.63. The van der Waals surface area contributed by atoms with Crippen molar-refractivity contribution in [1.82, 2.24) is 4.98 Å². The molecular weight excluding hydrogens is 138 g/mol. The SMILES string of the molecule is NCC=Cc1cc(N)ccn1. The first-order chi connectivity index (χ1) is 5.33. The summed E-state index contributed by atoms with van der Waals surface area (Å²) in [6, 6.07) is 3.55. The molecule has 0 unspecified atom stereocenters. The third-order valence-electron chi connectivity index (χ3n) is 1.23. The first kappa shape index (κ1) is 7.75. The predicted octanol–water partition coefficient (Wildman–Crippen LogP) is 0.636. The van der Waals surface area contributed by atoms with E-state index < -0.39 is 0 Å². The summed E-state index contributed by atoms with van der Waals surface area (Å²) in [5.41, 5.74) is 12.4. The lowest BCUT2D eigenvalue weighted by molar-refractivity contribution is 1.25. The van der Waals surface area contributed by atoms with Gasteiger partial charge < -0.3 is 11.5 Å². The van der Waals surface area contributed by atoms with Crippen LogP contribution >= 0.6 is 0 Å². The highest BCUT2D eigenvalue weighted by molar-refractivity contribution is 5.51. The van der Waals surface area contributed by atoms with Crippen molar-refractivity contribution in [3.63, 3.8) is 0 Å². The van der Waals surface area contributed by atoms with Crippen LogP contribution in [0.25, 0.3) is 6.08 Å². The molecular formula is C8H11N3. The summed E-state index contributed by atoms with van der Waals surface area (Å²) in [5, 5.41) is 0. The Morgan fingerprint density at radius 2 is 2.36 bits per heavy atom. The summed E-state index contributed by atoms with van der Waals surface area (Å²) in [6.45, 7) is 0.524. The molecule has 0 aliphatic heterocycles. The number of hydrogen-bond donors (Lipinski definition) is 2. The van der Waals surface area contributed by atoms with E-state index in [4.69, 9.17) is 11.5 Å². The van der Waals surface area contributed by atoms with Gasteiger partial charge in [-0.3, -0.25) is 4.98 Å². The lowest BCUT2D eigenvalue weighted by atomic mass is 10.3. The van der Waals surface area contributed by atoms with Gasteiger partial charge in [0.15, 0.2) is 0 Å². The molecule has 0 saturated heterocycles. The average molecular weight is 149 g/mol. The molecule has 0 saturated carbocycles. The summed E-state index contributed by atoms with van der Waals surface area (Å²) in [4.78, 5) is 4.05. The molecule has 0 atom stereocenters. The van der Waals surface area contributed by atoms with E-state index >= 15 is 0 Å². The smallest absolute Gasteiger partial charge is 0.0647 e. The molecule has 3 heteroatoms. The summed E-state index contributed by atoms with van der Waals surface area (Å²) in [7, 11) is 0. The van der Waals surface area contributed by atoms with Gasteiger partial charge in [0.1, 0.15) is 0 Å². The zero-order chi connectivity index (χ0) is 8.10. The lowest BCUT2D eigenvalue weighted by Crippen LogP contribution is -1.93. The van der Waals surface area contributed by atoms with E-state index in [-0.39, 0.29) is 0 Å². The van der Waals surface area contributed by atoms with E-state index in [1.165, 1.54) is 0 Å². The second kappa shape index (κ2) is 3.73. The van der Waals surface area contributed by atoms with Crippen molar-refractivity contribution < 1.29 is 0 Å². The Balaban J connectivity index is 2.79. The van der Waals surface area contributed by atoms with Crippen molar-refractivity contribution in [2.75, 3.05) is 12.3 Å². The minimum atomic E-state index is 0.524. The molecule has 58 valence electrons. The van der Waals surface area contributed by atoms with E-state index in [2.05, 4.69) is 4.98 Å². The van der Waals surface area contributed by atoms with Crippen LogP contribution in [0, 0.1) is 0 Å². The van der Waals surface area contributed by atoms with Gasteiger partial charge in [0, 0.05) is 18.4 Å². The molecule has 1 aromatic heterocycles. The Bertz CT molecular complexity index is 255. The number of nitrogens with zero attached hydrogens (tertiary/aromatic N) is 1. The maximum atomic E-state index is 5.53. The summed E-state index contributed by atoms with van der Waals surface area (Å²) in [6.07, 6.45) is 5.35. The first-order valence-corrected chi connectivity index (χ1v) is 3.41. The van der Waals surface area contributed by atoms with Crippen molar-refractivity contribution in [2.45, 2.75) is 0 Å². The highest BCUT2D eigenvalue weighted by atomic mass is 14.7. The monoisotopic (exact) mass is 149 g/mol. The number of pyridine rings is 1. The molecule has 0 amide bonds. The zero-order valence-electron chi connectivity index (χ0n) is 6.20. The second-order valence-electron chi connectivity index (χ2n) is 2.15. The zero-order valence-corrected chi connectivity index (χ0v) is 6.20. The van der Waals surface area contributed by atoms with Gasteiger partial charge in [-0.25, -0.2) is 0 Å². The normalized spacial score (nSPS) is 10.6. The Hall–Kier alpha value is -1.35. The molecule has 0 spiro atoms. The molecule has 3 nitrogen and oxygen atoms in total. The van der Waals surface area contributed by atoms with E-state index in [0.717, 1.165) is 11.4 Å². The van der Waals surface area contributed by atoms with Gasteiger partial charge in [-0.1, -0.05) is 6.08 Å². The molecule has 11 heavy (non-hydrogen) atoms. The Morgan fingerprint density at radius 1 is 1.55 bits per heavy atom. The summed E-state index contributed by atoms with van der Waals surface area (Å²) in [5.74, 6) is 0. The van der Waals surface area contributed by atoms with Crippen LogP contribution in [0.15, 0.2) is 24.4 Å². The minimum Gasteiger partial charge on any atom is -0.399 e. The number of nitrogen functional groups attached to an aromatic ring is 1. The van der Waals surface area contributed by atoms with Crippen molar-refractivity contribution >= 4 is 11.8 Å². The largest absolute Gasteiger partial charge is 0.399 e. The number of anilines is 1. The molecule has 0 bridgehead atoms. The molecule has 4 N–H and O–H groups in total.